The molecule has 0 fully saturated rings. The lowest BCUT2D eigenvalue weighted by Gasteiger charge is -2.12. The molecule has 1 atom stereocenters. The largest absolute Gasteiger partial charge is 0.464 e. The first-order valence-electron chi connectivity index (χ1n) is 5.36. The van der Waals surface area contributed by atoms with E-state index in [2.05, 4.69) is 4.74 Å². The van der Waals surface area contributed by atoms with Gasteiger partial charge in [0.1, 0.15) is 0 Å². The Kier molecular flexibility index (Phi) is 5.55. The van der Waals surface area contributed by atoms with Gasteiger partial charge in [0.25, 0.3) is 0 Å². The van der Waals surface area contributed by atoms with Crippen LogP contribution >= 0.6 is 11.6 Å². The van der Waals surface area contributed by atoms with Crippen LogP contribution < -0.4 is 0 Å². The molecular weight excluding hydrogens is 256 g/mol. The fourth-order valence-electron chi connectivity index (χ4n) is 1.34. The van der Waals surface area contributed by atoms with Gasteiger partial charge in [-0.1, -0.05) is 41.9 Å². The number of esters is 1. The van der Waals surface area contributed by atoms with Crippen molar-refractivity contribution in [1.82, 2.24) is 0 Å². The summed E-state index contributed by atoms with van der Waals surface area (Å²) < 4.78 is 4.63. The van der Waals surface area contributed by atoms with E-state index in [9.17, 15) is 14.7 Å². The van der Waals surface area contributed by atoms with E-state index in [1.807, 2.05) is 0 Å². The lowest BCUT2D eigenvalue weighted by atomic mass is 10.0. The van der Waals surface area contributed by atoms with Crippen molar-refractivity contribution in [3.63, 3.8) is 0 Å². The Balaban J connectivity index is 2.92. The van der Waals surface area contributed by atoms with Crippen molar-refractivity contribution < 1.29 is 19.4 Å². The van der Waals surface area contributed by atoms with Crippen LogP contribution in [0, 0.1) is 0 Å². The number of aliphatic hydroxyl groups is 1. The maximum absolute atomic E-state index is 12.0. The summed E-state index contributed by atoms with van der Waals surface area (Å²) in [5.41, 5.74) is 1.03. The van der Waals surface area contributed by atoms with Crippen molar-refractivity contribution in [3.8, 4) is 0 Å². The molecule has 1 rings (SSSR count). The number of hydrogen-bond acceptors (Lipinski definition) is 4. The van der Waals surface area contributed by atoms with Crippen LogP contribution in [0.25, 0.3) is 0 Å². The fraction of sp³-hybridized carbons (Fsp3) is 0.231. The third-order valence-electron chi connectivity index (χ3n) is 2.22. The summed E-state index contributed by atoms with van der Waals surface area (Å²) in [6.45, 7) is 1.72. The maximum atomic E-state index is 12.0. The second-order valence-corrected chi connectivity index (χ2v) is 3.63. The second kappa shape index (κ2) is 6.93. The van der Waals surface area contributed by atoms with Crippen molar-refractivity contribution in [1.29, 1.82) is 0 Å². The number of carbonyl (C=O) groups excluding carboxylic acids is 2. The number of Topliss-reactive ketones (excluding diaryl/α,β-unsaturated/α-hetero) is 1. The molecule has 0 aromatic heterocycles. The standard InChI is InChI=1S/C13H13ClO4/c1-2-18-13(17)12(16)10(8-14)11(15)9-6-4-3-5-7-9/h3-8,12,16H,2H2,1H3/b10-8-. The Morgan fingerprint density at radius 3 is 2.50 bits per heavy atom. The molecule has 0 aliphatic carbocycles. The zero-order chi connectivity index (χ0) is 13.5. The molecule has 1 unspecified atom stereocenters. The smallest absolute Gasteiger partial charge is 0.339 e. The van der Waals surface area contributed by atoms with Gasteiger partial charge in [0.2, 0.25) is 0 Å². The van der Waals surface area contributed by atoms with Gasteiger partial charge in [-0.15, -0.1) is 0 Å². The molecule has 1 aromatic rings. The molecular formula is C13H13ClO4. The zero-order valence-corrected chi connectivity index (χ0v) is 10.6. The van der Waals surface area contributed by atoms with Crippen LogP contribution in [0.5, 0.6) is 0 Å². The number of halogens is 1. The fourth-order valence-corrected chi connectivity index (χ4v) is 1.56. The van der Waals surface area contributed by atoms with Crippen LogP contribution in [0.4, 0.5) is 0 Å². The monoisotopic (exact) mass is 268 g/mol. The SMILES string of the molecule is CCOC(=O)C(O)/C(=C\Cl)C(=O)c1ccccc1. The van der Waals surface area contributed by atoms with E-state index < -0.39 is 17.9 Å². The van der Waals surface area contributed by atoms with E-state index in [0.717, 1.165) is 5.54 Å². The van der Waals surface area contributed by atoms with Crippen molar-refractivity contribution in [2.45, 2.75) is 13.0 Å². The maximum Gasteiger partial charge on any atom is 0.339 e. The number of ketones is 1. The Morgan fingerprint density at radius 1 is 1.39 bits per heavy atom. The summed E-state index contributed by atoms with van der Waals surface area (Å²) in [5.74, 6) is -1.40. The van der Waals surface area contributed by atoms with Gasteiger partial charge in [0.15, 0.2) is 11.9 Å². The minimum Gasteiger partial charge on any atom is -0.464 e. The average molecular weight is 269 g/mol. The molecule has 1 N–H and O–H groups in total. The molecule has 0 radical (unpaired) electrons. The van der Waals surface area contributed by atoms with Crippen LogP contribution in [0.2, 0.25) is 0 Å². The molecule has 0 aliphatic heterocycles. The highest BCUT2D eigenvalue weighted by Gasteiger charge is 2.27. The summed E-state index contributed by atoms with van der Waals surface area (Å²) >= 11 is 5.50. The topological polar surface area (TPSA) is 63.6 Å². The molecule has 0 bridgehead atoms. The predicted molar refractivity (Wildman–Crippen MR) is 67.3 cm³/mol. The number of rotatable bonds is 5. The number of carbonyl (C=O) groups is 2. The summed E-state index contributed by atoms with van der Waals surface area (Å²) in [6, 6.07) is 8.25. The zero-order valence-electron chi connectivity index (χ0n) is 9.80. The molecule has 4 nitrogen and oxygen atoms in total. The second-order valence-electron chi connectivity index (χ2n) is 3.41. The minimum absolute atomic E-state index is 0.116. The lowest BCUT2D eigenvalue weighted by molar-refractivity contribution is -0.150. The third-order valence-corrected chi connectivity index (χ3v) is 2.46. The minimum atomic E-state index is -1.67. The van der Waals surface area contributed by atoms with Crippen molar-refractivity contribution in [2.75, 3.05) is 6.61 Å². The van der Waals surface area contributed by atoms with Gasteiger partial charge in [-0.25, -0.2) is 4.79 Å². The number of ether oxygens (including phenoxy) is 1. The molecule has 0 saturated heterocycles. The number of hydrogen-bond donors (Lipinski definition) is 1. The van der Waals surface area contributed by atoms with Gasteiger partial charge in [0, 0.05) is 11.1 Å². The van der Waals surface area contributed by atoms with E-state index in [0.29, 0.717) is 5.56 Å². The van der Waals surface area contributed by atoms with Gasteiger partial charge in [0.05, 0.1) is 12.2 Å². The highest BCUT2D eigenvalue weighted by molar-refractivity contribution is 6.29. The van der Waals surface area contributed by atoms with E-state index in [1.165, 1.54) is 0 Å². The van der Waals surface area contributed by atoms with Gasteiger partial charge >= 0.3 is 5.97 Å². The molecule has 0 aliphatic rings. The number of aliphatic hydroxyl groups excluding tert-OH is 1. The first-order chi connectivity index (χ1) is 8.61. The first-order valence-corrected chi connectivity index (χ1v) is 5.80. The summed E-state index contributed by atoms with van der Waals surface area (Å²) in [5, 5.41) is 9.69. The van der Waals surface area contributed by atoms with Crippen molar-refractivity contribution >= 4 is 23.4 Å². The number of benzene rings is 1. The highest BCUT2D eigenvalue weighted by atomic mass is 35.5. The molecule has 0 spiro atoms. The van der Waals surface area contributed by atoms with Crippen LogP contribution in [-0.4, -0.2) is 29.6 Å². The molecule has 0 amide bonds. The van der Waals surface area contributed by atoms with E-state index >= 15 is 0 Å². The highest BCUT2D eigenvalue weighted by Crippen LogP contribution is 2.14. The summed E-state index contributed by atoms with van der Waals surface area (Å²) in [7, 11) is 0. The lowest BCUT2D eigenvalue weighted by Crippen LogP contribution is -2.29. The molecule has 0 saturated carbocycles. The van der Waals surface area contributed by atoms with Crippen LogP contribution in [0.15, 0.2) is 41.4 Å². The molecule has 0 heterocycles. The van der Waals surface area contributed by atoms with Crippen molar-refractivity contribution in [2.24, 2.45) is 0 Å². The normalized spacial score (nSPS) is 12.9. The Bertz CT molecular complexity index is 453. The Hall–Kier alpha value is -1.65. The quantitative estimate of drug-likeness (QED) is 0.503. The van der Waals surface area contributed by atoms with Gasteiger partial charge in [-0.05, 0) is 6.92 Å². The van der Waals surface area contributed by atoms with Crippen LogP contribution in [0.1, 0.15) is 17.3 Å². The molecule has 18 heavy (non-hydrogen) atoms. The molecule has 1 aromatic carbocycles. The van der Waals surface area contributed by atoms with Gasteiger partial charge in [-0.3, -0.25) is 4.79 Å². The van der Waals surface area contributed by atoms with Crippen LogP contribution in [0.3, 0.4) is 0 Å². The van der Waals surface area contributed by atoms with E-state index in [-0.39, 0.29) is 12.2 Å². The first kappa shape index (κ1) is 14.4. The van der Waals surface area contributed by atoms with E-state index in [1.54, 1.807) is 37.3 Å². The molecule has 5 heteroatoms. The van der Waals surface area contributed by atoms with Gasteiger partial charge in [-0.2, -0.15) is 0 Å². The molecule has 96 valence electrons. The third kappa shape index (κ3) is 3.42. The van der Waals surface area contributed by atoms with E-state index in [4.69, 9.17) is 11.6 Å². The Labute approximate surface area is 110 Å². The predicted octanol–water partition coefficient (Wildman–Crippen LogP) is 1.92. The Morgan fingerprint density at radius 2 is 2.00 bits per heavy atom. The van der Waals surface area contributed by atoms with Gasteiger partial charge < -0.3 is 9.84 Å². The van der Waals surface area contributed by atoms with Crippen LogP contribution in [-0.2, 0) is 9.53 Å². The van der Waals surface area contributed by atoms with Crippen molar-refractivity contribution in [3.05, 3.63) is 47.0 Å². The average Bonchev–Trinajstić information content (AvgIpc) is 2.40. The summed E-state index contributed by atoms with van der Waals surface area (Å²) in [4.78, 5) is 23.4. The summed E-state index contributed by atoms with van der Waals surface area (Å²) in [6.07, 6.45) is -1.67.